The monoisotopic (exact) mass is 318 g/mol. The summed E-state index contributed by atoms with van der Waals surface area (Å²) in [7, 11) is 0. The average molecular weight is 318 g/mol. The van der Waals surface area contributed by atoms with Crippen molar-refractivity contribution in [1.82, 2.24) is 10.6 Å². The lowest BCUT2D eigenvalue weighted by atomic mass is 10.2. The van der Waals surface area contributed by atoms with Crippen LogP contribution in [0.4, 0.5) is 13.2 Å². The number of carbonyl (C=O) groups is 2. The lowest BCUT2D eigenvalue weighted by Gasteiger charge is -2.11. The number of amides is 2. The first-order valence-electron chi connectivity index (χ1n) is 6.54. The maximum Gasteiger partial charge on any atom is 0.416 e. The summed E-state index contributed by atoms with van der Waals surface area (Å²) in [6, 6.07) is 4.16. The second-order valence-corrected chi connectivity index (χ2v) is 4.81. The van der Waals surface area contributed by atoms with Gasteiger partial charge in [-0.2, -0.15) is 13.2 Å². The highest BCUT2D eigenvalue weighted by Gasteiger charge is 2.30. The minimum Gasteiger partial charge on any atom is -0.484 e. The van der Waals surface area contributed by atoms with Gasteiger partial charge in [-0.15, -0.1) is 0 Å². The number of nitrogens with one attached hydrogen (secondary N) is 2. The molecule has 0 aliphatic heterocycles. The fraction of sp³-hybridized carbons (Fsp3) is 0.429. The van der Waals surface area contributed by atoms with E-state index in [1.165, 1.54) is 12.1 Å². The largest absolute Gasteiger partial charge is 0.484 e. The molecule has 0 saturated heterocycles. The molecule has 2 amide bonds. The molecule has 122 valence electrons. The summed E-state index contributed by atoms with van der Waals surface area (Å²) in [4.78, 5) is 22.7. The van der Waals surface area contributed by atoms with Gasteiger partial charge in [-0.25, -0.2) is 0 Å². The maximum atomic E-state index is 12.5. The molecule has 8 heteroatoms. The Morgan fingerprint density at radius 1 is 1.23 bits per heavy atom. The minimum atomic E-state index is -4.48. The summed E-state index contributed by atoms with van der Waals surface area (Å²) in [6.45, 7) is 2.85. The highest BCUT2D eigenvalue weighted by atomic mass is 19.4. The Bertz CT molecular complexity index is 530. The molecule has 0 spiro atoms. The number of ether oxygens (including phenoxy) is 1. The molecular formula is C14H17F3N2O3. The van der Waals surface area contributed by atoms with Crippen molar-refractivity contribution in [2.45, 2.75) is 26.1 Å². The summed E-state index contributed by atoms with van der Waals surface area (Å²) in [5.74, 6) is -1.03. The fourth-order valence-corrected chi connectivity index (χ4v) is 1.51. The SMILES string of the molecule is CC(C)NC(=O)CNC(=O)COc1cccc(C(F)(F)F)c1. The number of alkyl halides is 3. The summed E-state index contributed by atoms with van der Waals surface area (Å²) in [6.07, 6.45) is -4.48. The van der Waals surface area contributed by atoms with Crippen LogP contribution >= 0.6 is 0 Å². The van der Waals surface area contributed by atoms with Crippen molar-refractivity contribution in [3.8, 4) is 5.75 Å². The topological polar surface area (TPSA) is 67.4 Å². The molecule has 22 heavy (non-hydrogen) atoms. The van der Waals surface area contributed by atoms with Crippen LogP contribution < -0.4 is 15.4 Å². The van der Waals surface area contributed by atoms with Gasteiger partial charge in [0.2, 0.25) is 5.91 Å². The van der Waals surface area contributed by atoms with Gasteiger partial charge in [0.1, 0.15) is 5.75 Å². The third kappa shape index (κ3) is 6.47. The number of hydrogen-bond acceptors (Lipinski definition) is 3. The molecule has 0 radical (unpaired) electrons. The lowest BCUT2D eigenvalue weighted by molar-refractivity contribution is -0.137. The van der Waals surface area contributed by atoms with Crippen LogP contribution in [0.15, 0.2) is 24.3 Å². The molecule has 1 aromatic carbocycles. The zero-order valence-electron chi connectivity index (χ0n) is 12.2. The van der Waals surface area contributed by atoms with Crippen LogP contribution in [-0.4, -0.2) is 31.0 Å². The van der Waals surface area contributed by atoms with Crippen LogP contribution in [0.1, 0.15) is 19.4 Å². The average Bonchev–Trinajstić information content (AvgIpc) is 2.41. The molecule has 0 saturated carbocycles. The molecule has 0 aromatic heterocycles. The first kappa shape index (κ1) is 17.8. The van der Waals surface area contributed by atoms with E-state index in [0.717, 1.165) is 12.1 Å². The van der Waals surface area contributed by atoms with Crippen molar-refractivity contribution < 1.29 is 27.5 Å². The van der Waals surface area contributed by atoms with E-state index in [4.69, 9.17) is 4.74 Å². The molecule has 0 atom stereocenters. The van der Waals surface area contributed by atoms with Crippen LogP contribution in [0, 0.1) is 0 Å². The highest BCUT2D eigenvalue weighted by Crippen LogP contribution is 2.31. The normalized spacial score (nSPS) is 11.2. The Hall–Kier alpha value is -2.25. The highest BCUT2D eigenvalue weighted by molar-refractivity contribution is 5.85. The predicted molar refractivity (Wildman–Crippen MR) is 73.2 cm³/mol. The second kappa shape index (κ2) is 7.67. The van der Waals surface area contributed by atoms with E-state index in [2.05, 4.69) is 10.6 Å². The Morgan fingerprint density at radius 2 is 1.91 bits per heavy atom. The summed E-state index contributed by atoms with van der Waals surface area (Å²) in [5, 5.41) is 4.88. The summed E-state index contributed by atoms with van der Waals surface area (Å²) >= 11 is 0. The zero-order chi connectivity index (χ0) is 16.8. The molecule has 0 bridgehead atoms. The molecular weight excluding hydrogens is 301 g/mol. The summed E-state index contributed by atoms with van der Waals surface area (Å²) in [5.41, 5.74) is -0.860. The van der Waals surface area contributed by atoms with Gasteiger partial charge in [-0.3, -0.25) is 9.59 Å². The van der Waals surface area contributed by atoms with Crippen molar-refractivity contribution in [3.63, 3.8) is 0 Å². The quantitative estimate of drug-likeness (QED) is 0.839. The molecule has 0 aliphatic rings. The molecule has 0 heterocycles. The zero-order valence-corrected chi connectivity index (χ0v) is 12.2. The standard InChI is InChI=1S/C14H17F3N2O3/c1-9(2)19-12(20)7-18-13(21)8-22-11-5-3-4-10(6-11)14(15,16)17/h3-6,9H,7-8H2,1-2H3,(H,18,21)(H,19,20). The van der Waals surface area contributed by atoms with Crippen molar-refractivity contribution >= 4 is 11.8 Å². The molecule has 1 rings (SSSR count). The molecule has 0 fully saturated rings. The van der Waals surface area contributed by atoms with E-state index in [1.54, 1.807) is 13.8 Å². The predicted octanol–water partition coefficient (Wildman–Crippen LogP) is 1.73. The number of rotatable bonds is 6. The van der Waals surface area contributed by atoms with Gasteiger partial charge in [0.05, 0.1) is 12.1 Å². The molecule has 0 aliphatic carbocycles. The maximum absolute atomic E-state index is 12.5. The van der Waals surface area contributed by atoms with E-state index in [1.807, 2.05) is 0 Å². The number of hydrogen-bond donors (Lipinski definition) is 2. The molecule has 0 unspecified atom stereocenters. The molecule has 5 nitrogen and oxygen atoms in total. The first-order chi connectivity index (χ1) is 10.2. The van der Waals surface area contributed by atoms with Gasteiger partial charge >= 0.3 is 6.18 Å². The van der Waals surface area contributed by atoms with Crippen molar-refractivity contribution in [2.75, 3.05) is 13.2 Å². The van der Waals surface area contributed by atoms with Gasteiger partial charge in [0.15, 0.2) is 6.61 Å². The molecule has 1 aromatic rings. The number of benzene rings is 1. The van der Waals surface area contributed by atoms with Crippen molar-refractivity contribution in [1.29, 1.82) is 0 Å². The third-order valence-electron chi connectivity index (χ3n) is 2.43. The number of carbonyl (C=O) groups excluding carboxylic acids is 2. The van der Waals surface area contributed by atoms with E-state index in [-0.39, 0.29) is 24.2 Å². The van der Waals surface area contributed by atoms with E-state index < -0.39 is 24.3 Å². The molecule has 2 N–H and O–H groups in total. The minimum absolute atomic E-state index is 0.0502. The Labute approximate surface area is 125 Å². The van der Waals surface area contributed by atoms with Gasteiger partial charge in [0, 0.05) is 6.04 Å². The van der Waals surface area contributed by atoms with Crippen molar-refractivity contribution in [3.05, 3.63) is 29.8 Å². The van der Waals surface area contributed by atoms with E-state index in [9.17, 15) is 22.8 Å². The summed E-state index contributed by atoms with van der Waals surface area (Å²) < 4.78 is 42.5. The van der Waals surface area contributed by atoms with Gasteiger partial charge in [0.25, 0.3) is 5.91 Å². The van der Waals surface area contributed by atoms with Crippen LogP contribution in [-0.2, 0) is 15.8 Å². The Morgan fingerprint density at radius 3 is 2.50 bits per heavy atom. The second-order valence-electron chi connectivity index (χ2n) is 4.81. The Balaban J connectivity index is 2.43. The van der Waals surface area contributed by atoms with Gasteiger partial charge in [-0.1, -0.05) is 6.07 Å². The fourth-order valence-electron chi connectivity index (χ4n) is 1.51. The van der Waals surface area contributed by atoms with E-state index >= 15 is 0 Å². The lowest BCUT2D eigenvalue weighted by Crippen LogP contribution is -2.41. The number of halogens is 3. The van der Waals surface area contributed by atoms with Crippen LogP contribution in [0.5, 0.6) is 5.75 Å². The van der Waals surface area contributed by atoms with Crippen LogP contribution in [0.25, 0.3) is 0 Å². The Kier molecular flexibility index (Phi) is 6.21. The van der Waals surface area contributed by atoms with Gasteiger partial charge in [-0.05, 0) is 32.0 Å². The van der Waals surface area contributed by atoms with Crippen molar-refractivity contribution in [2.24, 2.45) is 0 Å². The third-order valence-corrected chi connectivity index (χ3v) is 2.43. The van der Waals surface area contributed by atoms with Crippen LogP contribution in [0.2, 0.25) is 0 Å². The van der Waals surface area contributed by atoms with Gasteiger partial charge < -0.3 is 15.4 Å². The smallest absolute Gasteiger partial charge is 0.416 e. The first-order valence-corrected chi connectivity index (χ1v) is 6.54. The van der Waals surface area contributed by atoms with E-state index in [0.29, 0.717) is 0 Å². The van der Waals surface area contributed by atoms with Crippen LogP contribution in [0.3, 0.4) is 0 Å².